The zero-order chi connectivity index (χ0) is 15.6. The number of hydrogen-bond acceptors (Lipinski definition) is 3. The van der Waals surface area contributed by atoms with Crippen LogP contribution in [0.25, 0.3) is 5.69 Å². The van der Waals surface area contributed by atoms with Gasteiger partial charge in [0.2, 0.25) is 0 Å². The Hall–Kier alpha value is -1.66. The molecule has 2 aromatic rings. The van der Waals surface area contributed by atoms with Crippen LogP contribution in [0.4, 0.5) is 0 Å². The van der Waals surface area contributed by atoms with E-state index in [9.17, 15) is 4.79 Å². The van der Waals surface area contributed by atoms with E-state index in [4.69, 9.17) is 5.73 Å². The van der Waals surface area contributed by atoms with Gasteiger partial charge in [-0.1, -0.05) is 22.0 Å². The van der Waals surface area contributed by atoms with Crippen molar-refractivity contribution in [3.05, 3.63) is 46.2 Å². The van der Waals surface area contributed by atoms with E-state index >= 15 is 0 Å². The number of carbonyl (C=O) groups excluding carboxylic acids is 1. The molecule has 0 bridgehead atoms. The van der Waals surface area contributed by atoms with Crippen molar-refractivity contribution in [1.29, 1.82) is 0 Å². The van der Waals surface area contributed by atoms with E-state index in [1.54, 1.807) is 10.9 Å². The van der Waals surface area contributed by atoms with E-state index in [0.29, 0.717) is 12.1 Å². The number of aromatic nitrogens is 2. The van der Waals surface area contributed by atoms with E-state index in [2.05, 4.69) is 47.1 Å². The summed E-state index contributed by atoms with van der Waals surface area (Å²) in [6.45, 7) is 7.05. The van der Waals surface area contributed by atoms with Crippen LogP contribution in [0.15, 0.2) is 35.1 Å². The SMILES string of the molecule is CC(C)(C)NCc1ccc(Br)cc1-n1cc(C(N)=O)cn1. The largest absolute Gasteiger partial charge is 0.366 e. The molecule has 6 heteroatoms. The summed E-state index contributed by atoms with van der Waals surface area (Å²) in [7, 11) is 0. The van der Waals surface area contributed by atoms with Gasteiger partial charge in [0.05, 0.1) is 17.4 Å². The van der Waals surface area contributed by atoms with E-state index in [1.807, 2.05) is 18.2 Å². The summed E-state index contributed by atoms with van der Waals surface area (Å²) in [6, 6.07) is 5.99. The number of carbonyl (C=O) groups is 1. The molecule has 1 aromatic heterocycles. The normalized spacial score (nSPS) is 11.6. The number of benzene rings is 1. The number of amides is 1. The number of rotatable bonds is 4. The summed E-state index contributed by atoms with van der Waals surface area (Å²) >= 11 is 3.47. The monoisotopic (exact) mass is 350 g/mol. The minimum atomic E-state index is -0.481. The molecule has 0 unspecified atom stereocenters. The van der Waals surface area contributed by atoms with Crippen molar-refractivity contribution in [3.63, 3.8) is 0 Å². The van der Waals surface area contributed by atoms with Gasteiger partial charge in [-0.15, -0.1) is 0 Å². The van der Waals surface area contributed by atoms with Crippen molar-refractivity contribution in [2.75, 3.05) is 0 Å². The fourth-order valence-electron chi connectivity index (χ4n) is 1.84. The molecule has 0 aliphatic carbocycles. The lowest BCUT2D eigenvalue weighted by molar-refractivity contribution is 0.100. The van der Waals surface area contributed by atoms with Gasteiger partial charge in [-0.3, -0.25) is 4.79 Å². The van der Waals surface area contributed by atoms with Crippen LogP contribution in [0.5, 0.6) is 0 Å². The zero-order valence-corrected chi connectivity index (χ0v) is 13.9. The molecule has 0 radical (unpaired) electrons. The molecule has 0 spiro atoms. The van der Waals surface area contributed by atoms with E-state index in [-0.39, 0.29) is 5.54 Å². The molecular formula is C15H19BrN4O. The highest BCUT2D eigenvalue weighted by Gasteiger charge is 2.13. The first-order valence-electron chi connectivity index (χ1n) is 6.64. The molecule has 0 saturated heterocycles. The van der Waals surface area contributed by atoms with Gasteiger partial charge in [0.25, 0.3) is 5.91 Å². The molecule has 0 aliphatic rings. The predicted molar refractivity (Wildman–Crippen MR) is 86.4 cm³/mol. The maximum atomic E-state index is 11.2. The smallest absolute Gasteiger partial charge is 0.251 e. The summed E-state index contributed by atoms with van der Waals surface area (Å²) < 4.78 is 2.62. The molecule has 21 heavy (non-hydrogen) atoms. The lowest BCUT2D eigenvalue weighted by Crippen LogP contribution is -2.35. The molecule has 112 valence electrons. The first-order chi connectivity index (χ1) is 9.76. The van der Waals surface area contributed by atoms with Crippen molar-refractivity contribution >= 4 is 21.8 Å². The predicted octanol–water partition coefficient (Wildman–Crippen LogP) is 2.62. The summed E-state index contributed by atoms with van der Waals surface area (Å²) in [6.07, 6.45) is 3.12. The Morgan fingerprint density at radius 2 is 2.14 bits per heavy atom. The molecule has 2 rings (SSSR count). The molecule has 0 saturated carbocycles. The summed E-state index contributed by atoms with van der Waals surface area (Å²) in [5, 5.41) is 7.67. The first-order valence-corrected chi connectivity index (χ1v) is 7.44. The lowest BCUT2D eigenvalue weighted by Gasteiger charge is -2.21. The first kappa shape index (κ1) is 15.7. The lowest BCUT2D eigenvalue weighted by atomic mass is 10.1. The highest BCUT2D eigenvalue weighted by Crippen LogP contribution is 2.21. The van der Waals surface area contributed by atoms with E-state index in [0.717, 1.165) is 15.7 Å². The summed E-state index contributed by atoms with van der Waals surface area (Å²) in [5.41, 5.74) is 7.69. The highest BCUT2D eigenvalue weighted by atomic mass is 79.9. The Balaban J connectivity index is 2.36. The minimum Gasteiger partial charge on any atom is -0.366 e. The third-order valence-corrected chi connectivity index (χ3v) is 3.46. The summed E-state index contributed by atoms with van der Waals surface area (Å²) in [5.74, 6) is -0.481. The molecule has 1 amide bonds. The number of hydrogen-bond donors (Lipinski definition) is 2. The molecule has 3 N–H and O–H groups in total. The molecule has 0 aliphatic heterocycles. The van der Waals surface area contributed by atoms with Gasteiger partial charge in [-0.25, -0.2) is 4.68 Å². The Morgan fingerprint density at radius 3 is 2.71 bits per heavy atom. The van der Waals surface area contributed by atoms with Crippen LogP contribution in [0.3, 0.4) is 0 Å². The van der Waals surface area contributed by atoms with Crippen LogP contribution >= 0.6 is 15.9 Å². The van der Waals surface area contributed by atoms with Crippen molar-refractivity contribution in [2.45, 2.75) is 32.9 Å². The quantitative estimate of drug-likeness (QED) is 0.889. The second kappa shape index (κ2) is 5.99. The third kappa shape index (κ3) is 4.15. The number of nitrogens with one attached hydrogen (secondary N) is 1. The number of nitrogens with two attached hydrogens (primary N) is 1. The van der Waals surface area contributed by atoms with E-state index in [1.165, 1.54) is 6.20 Å². The van der Waals surface area contributed by atoms with Crippen LogP contribution < -0.4 is 11.1 Å². The number of halogens is 1. The van der Waals surface area contributed by atoms with Crippen molar-refractivity contribution in [2.24, 2.45) is 5.73 Å². The minimum absolute atomic E-state index is 0.0207. The molecule has 0 fully saturated rings. The highest BCUT2D eigenvalue weighted by molar-refractivity contribution is 9.10. The molecule has 0 atom stereocenters. The zero-order valence-electron chi connectivity index (χ0n) is 12.4. The Labute approximate surface area is 132 Å². The Morgan fingerprint density at radius 1 is 1.43 bits per heavy atom. The fourth-order valence-corrected chi connectivity index (χ4v) is 2.19. The third-order valence-electron chi connectivity index (χ3n) is 2.97. The Bertz CT molecular complexity index is 658. The second-order valence-electron chi connectivity index (χ2n) is 5.91. The van der Waals surface area contributed by atoms with Gasteiger partial charge < -0.3 is 11.1 Å². The van der Waals surface area contributed by atoms with Gasteiger partial charge in [-0.2, -0.15) is 5.10 Å². The number of primary amides is 1. The standard InChI is InChI=1S/C15H19BrN4O/c1-15(2,3)18-7-10-4-5-12(16)6-13(10)20-9-11(8-19-20)14(17)21/h4-6,8-9,18H,7H2,1-3H3,(H2,17,21). The van der Waals surface area contributed by atoms with Gasteiger partial charge in [-0.05, 0) is 38.5 Å². The van der Waals surface area contributed by atoms with Crippen molar-refractivity contribution in [3.8, 4) is 5.69 Å². The van der Waals surface area contributed by atoms with Crippen LogP contribution in [0.2, 0.25) is 0 Å². The van der Waals surface area contributed by atoms with Gasteiger partial charge in [0, 0.05) is 22.8 Å². The van der Waals surface area contributed by atoms with Crippen LogP contribution in [-0.4, -0.2) is 21.2 Å². The fraction of sp³-hybridized carbons (Fsp3) is 0.333. The Kier molecular flexibility index (Phi) is 4.49. The second-order valence-corrected chi connectivity index (χ2v) is 6.83. The van der Waals surface area contributed by atoms with Crippen molar-refractivity contribution in [1.82, 2.24) is 15.1 Å². The van der Waals surface area contributed by atoms with Crippen LogP contribution in [0, 0.1) is 0 Å². The van der Waals surface area contributed by atoms with Crippen molar-refractivity contribution < 1.29 is 4.79 Å². The number of nitrogens with zero attached hydrogens (tertiary/aromatic N) is 2. The average molecular weight is 351 g/mol. The topological polar surface area (TPSA) is 72.9 Å². The molecular weight excluding hydrogens is 332 g/mol. The molecule has 5 nitrogen and oxygen atoms in total. The van der Waals surface area contributed by atoms with Gasteiger partial charge in [0.1, 0.15) is 0 Å². The van der Waals surface area contributed by atoms with E-state index < -0.39 is 5.91 Å². The average Bonchev–Trinajstić information content (AvgIpc) is 2.85. The van der Waals surface area contributed by atoms with Crippen LogP contribution in [-0.2, 0) is 6.54 Å². The van der Waals surface area contributed by atoms with Gasteiger partial charge in [0.15, 0.2) is 0 Å². The molecule has 1 aromatic carbocycles. The molecule has 1 heterocycles. The summed E-state index contributed by atoms with van der Waals surface area (Å²) in [4.78, 5) is 11.2. The maximum Gasteiger partial charge on any atom is 0.251 e. The van der Waals surface area contributed by atoms with Gasteiger partial charge >= 0.3 is 0 Å². The van der Waals surface area contributed by atoms with Crippen LogP contribution in [0.1, 0.15) is 36.7 Å². The maximum absolute atomic E-state index is 11.2.